The zero-order valence-corrected chi connectivity index (χ0v) is 14.2. The molecule has 9 heteroatoms. The average molecular weight is 353 g/mol. The van der Waals surface area contributed by atoms with Gasteiger partial charge >= 0.3 is 0 Å². The Morgan fingerprint density at radius 1 is 1.21 bits per heavy atom. The number of methoxy groups -OCH3 is 2. The predicted octanol–water partition coefficient (Wildman–Crippen LogP) is 0.629. The van der Waals surface area contributed by atoms with Crippen molar-refractivity contribution >= 4 is 10.0 Å². The van der Waals surface area contributed by atoms with E-state index in [9.17, 15) is 13.2 Å². The molecule has 130 valence electrons. The van der Waals surface area contributed by atoms with Gasteiger partial charge in [0.25, 0.3) is 5.56 Å². The summed E-state index contributed by atoms with van der Waals surface area (Å²) in [5, 5.41) is 3.91. The van der Waals surface area contributed by atoms with Gasteiger partial charge < -0.3 is 9.47 Å². The standard InChI is InChI=1S/C15H19N3O5S/c1-22-12-6-7-14(13(11-12)23-2)24(20,21)17-9-4-10-18-15(19)5-3-8-16-18/h3,5-8,11,17H,4,9-10H2,1-2H3. The van der Waals surface area contributed by atoms with Crippen LogP contribution in [0.25, 0.3) is 0 Å². The molecule has 8 nitrogen and oxygen atoms in total. The SMILES string of the molecule is COc1ccc(S(=O)(=O)NCCCn2ncccc2=O)c(OC)c1. The maximum Gasteiger partial charge on any atom is 0.266 e. The molecule has 1 N–H and O–H groups in total. The average Bonchev–Trinajstić information content (AvgIpc) is 2.59. The third kappa shape index (κ3) is 4.33. The van der Waals surface area contributed by atoms with Gasteiger partial charge in [-0.15, -0.1) is 0 Å². The Balaban J connectivity index is 2.01. The molecule has 0 unspecified atom stereocenters. The Hall–Kier alpha value is -2.39. The van der Waals surface area contributed by atoms with Crippen molar-refractivity contribution in [2.24, 2.45) is 0 Å². The van der Waals surface area contributed by atoms with Crippen LogP contribution in [-0.2, 0) is 16.6 Å². The van der Waals surface area contributed by atoms with Gasteiger partial charge in [-0.3, -0.25) is 4.79 Å². The van der Waals surface area contributed by atoms with Crippen molar-refractivity contribution in [2.75, 3.05) is 20.8 Å². The van der Waals surface area contributed by atoms with Gasteiger partial charge in [0.05, 0.1) is 14.2 Å². The van der Waals surface area contributed by atoms with E-state index in [0.29, 0.717) is 18.7 Å². The fourth-order valence-electron chi connectivity index (χ4n) is 2.07. The van der Waals surface area contributed by atoms with Crippen molar-refractivity contribution in [2.45, 2.75) is 17.9 Å². The molecule has 2 rings (SSSR count). The Kier molecular flexibility index (Phi) is 5.93. The second-order valence-electron chi connectivity index (χ2n) is 4.85. The number of rotatable bonds is 8. The molecule has 0 fully saturated rings. The van der Waals surface area contributed by atoms with Crippen molar-refractivity contribution in [3.63, 3.8) is 0 Å². The first-order chi connectivity index (χ1) is 11.5. The number of hydrogen-bond acceptors (Lipinski definition) is 6. The molecular weight excluding hydrogens is 334 g/mol. The molecule has 0 radical (unpaired) electrons. The molecule has 0 saturated carbocycles. The maximum absolute atomic E-state index is 12.4. The topological polar surface area (TPSA) is 99.5 Å². The number of benzene rings is 1. The molecule has 1 heterocycles. The predicted molar refractivity (Wildman–Crippen MR) is 87.8 cm³/mol. The van der Waals surface area contributed by atoms with E-state index < -0.39 is 10.0 Å². The number of sulfonamides is 1. The first-order valence-electron chi connectivity index (χ1n) is 7.22. The number of aromatic nitrogens is 2. The summed E-state index contributed by atoms with van der Waals surface area (Å²) >= 11 is 0. The fourth-order valence-corrected chi connectivity index (χ4v) is 3.29. The monoisotopic (exact) mass is 353 g/mol. The number of nitrogens with zero attached hydrogens (tertiary/aromatic N) is 2. The van der Waals surface area contributed by atoms with Gasteiger partial charge in [0.2, 0.25) is 10.0 Å². The van der Waals surface area contributed by atoms with Gasteiger partial charge in [0.15, 0.2) is 0 Å². The van der Waals surface area contributed by atoms with E-state index in [4.69, 9.17) is 9.47 Å². The molecule has 1 aromatic carbocycles. The molecule has 1 aromatic heterocycles. The van der Waals surface area contributed by atoms with E-state index in [1.54, 1.807) is 12.1 Å². The van der Waals surface area contributed by atoms with Crippen LogP contribution in [0.3, 0.4) is 0 Å². The zero-order valence-electron chi connectivity index (χ0n) is 13.4. The normalized spacial score (nSPS) is 11.2. The lowest BCUT2D eigenvalue weighted by atomic mass is 10.3. The summed E-state index contributed by atoms with van der Waals surface area (Å²) in [5.41, 5.74) is -0.225. The van der Waals surface area contributed by atoms with Crippen LogP contribution >= 0.6 is 0 Å². The molecule has 0 amide bonds. The first kappa shape index (κ1) is 18.0. The smallest absolute Gasteiger partial charge is 0.266 e. The summed E-state index contributed by atoms with van der Waals surface area (Å²) in [6.45, 7) is 0.489. The van der Waals surface area contributed by atoms with Crippen LogP contribution in [0, 0.1) is 0 Å². The molecule has 0 bridgehead atoms. The Morgan fingerprint density at radius 2 is 2.00 bits per heavy atom. The van der Waals surface area contributed by atoms with Gasteiger partial charge in [-0.1, -0.05) is 0 Å². The molecule has 0 aliphatic carbocycles. The molecule has 0 atom stereocenters. The largest absolute Gasteiger partial charge is 0.497 e. The number of ether oxygens (including phenoxy) is 2. The lowest BCUT2D eigenvalue weighted by Crippen LogP contribution is -2.28. The third-order valence-corrected chi connectivity index (χ3v) is 4.78. The summed E-state index contributed by atoms with van der Waals surface area (Å²) < 4.78 is 38.7. The van der Waals surface area contributed by atoms with Crippen LogP contribution in [0.4, 0.5) is 0 Å². The Morgan fingerprint density at radius 3 is 2.67 bits per heavy atom. The van der Waals surface area contributed by atoms with E-state index in [1.807, 2.05) is 0 Å². The minimum absolute atomic E-state index is 0.0285. The molecule has 0 aliphatic heterocycles. The molecule has 0 aliphatic rings. The highest BCUT2D eigenvalue weighted by Crippen LogP contribution is 2.28. The number of nitrogens with one attached hydrogen (secondary N) is 1. The molecule has 2 aromatic rings. The van der Waals surface area contributed by atoms with Gasteiger partial charge in [-0.25, -0.2) is 17.8 Å². The summed E-state index contributed by atoms with van der Waals surface area (Å²) in [6, 6.07) is 7.42. The van der Waals surface area contributed by atoms with Crippen LogP contribution < -0.4 is 19.8 Å². The van der Waals surface area contributed by atoms with Crippen molar-refractivity contribution < 1.29 is 17.9 Å². The minimum Gasteiger partial charge on any atom is -0.497 e. The van der Waals surface area contributed by atoms with Gasteiger partial charge in [-0.05, 0) is 24.6 Å². The number of aryl methyl sites for hydroxylation is 1. The van der Waals surface area contributed by atoms with E-state index in [2.05, 4.69) is 9.82 Å². The van der Waals surface area contributed by atoms with Crippen LogP contribution in [0.15, 0.2) is 46.2 Å². The molecule has 24 heavy (non-hydrogen) atoms. The van der Waals surface area contributed by atoms with E-state index in [1.165, 1.54) is 43.3 Å². The van der Waals surface area contributed by atoms with E-state index in [-0.39, 0.29) is 22.7 Å². The lowest BCUT2D eigenvalue weighted by Gasteiger charge is -2.12. The van der Waals surface area contributed by atoms with Gasteiger partial charge in [0, 0.05) is 31.4 Å². The quantitative estimate of drug-likeness (QED) is 0.699. The van der Waals surface area contributed by atoms with E-state index >= 15 is 0 Å². The molecule has 0 saturated heterocycles. The zero-order chi connectivity index (χ0) is 17.6. The van der Waals surface area contributed by atoms with Crippen molar-refractivity contribution in [1.82, 2.24) is 14.5 Å². The minimum atomic E-state index is -3.73. The van der Waals surface area contributed by atoms with E-state index in [0.717, 1.165) is 0 Å². The summed E-state index contributed by atoms with van der Waals surface area (Å²) in [4.78, 5) is 11.5. The second-order valence-corrected chi connectivity index (χ2v) is 6.59. The Labute approximate surface area is 140 Å². The summed E-state index contributed by atoms with van der Waals surface area (Å²) in [5.74, 6) is 0.697. The van der Waals surface area contributed by atoms with Gasteiger partial charge in [0.1, 0.15) is 16.4 Å². The van der Waals surface area contributed by atoms with Crippen LogP contribution in [-0.4, -0.2) is 39.0 Å². The maximum atomic E-state index is 12.4. The molecular formula is C15H19N3O5S. The lowest BCUT2D eigenvalue weighted by molar-refractivity contribution is 0.386. The summed E-state index contributed by atoms with van der Waals surface area (Å²) in [6.07, 6.45) is 1.93. The number of hydrogen-bond donors (Lipinski definition) is 1. The van der Waals surface area contributed by atoms with Crippen molar-refractivity contribution in [3.05, 3.63) is 46.9 Å². The summed E-state index contributed by atoms with van der Waals surface area (Å²) in [7, 11) is -0.854. The highest BCUT2D eigenvalue weighted by atomic mass is 32.2. The van der Waals surface area contributed by atoms with Crippen LogP contribution in [0.2, 0.25) is 0 Å². The molecule has 0 spiro atoms. The highest BCUT2D eigenvalue weighted by Gasteiger charge is 2.19. The first-order valence-corrected chi connectivity index (χ1v) is 8.70. The van der Waals surface area contributed by atoms with Crippen LogP contribution in [0.5, 0.6) is 11.5 Å². The second kappa shape index (κ2) is 7.93. The Bertz CT molecular complexity index is 848. The van der Waals surface area contributed by atoms with Crippen molar-refractivity contribution in [1.29, 1.82) is 0 Å². The third-order valence-electron chi connectivity index (χ3n) is 3.28. The fraction of sp³-hybridized carbons (Fsp3) is 0.333. The highest BCUT2D eigenvalue weighted by molar-refractivity contribution is 7.89. The van der Waals surface area contributed by atoms with Crippen LogP contribution in [0.1, 0.15) is 6.42 Å². The van der Waals surface area contributed by atoms with Gasteiger partial charge in [-0.2, -0.15) is 5.10 Å². The van der Waals surface area contributed by atoms with Crippen molar-refractivity contribution in [3.8, 4) is 11.5 Å².